The van der Waals surface area contributed by atoms with Crippen molar-refractivity contribution in [2.45, 2.75) is 51.4 Å². The molecule has 4 heterocycles. The third kappa shape index (κ3) is 4.84. The van der Waals surface area contributed by atoms with Crippen molar-refractivity contribution in [1.29, 1.82) is 0 Å². The van der Waals surface area contributed by atoms with Gasteiger partial charge in [-0.25, -0.2) is 0 Å². The molecule has 0 saturated carbocycles. The summed E-state index contributed by atoms with van der Waals surface area (Å²) in [7, 11) is 1.80. The van der Waals surface area contributed by atoms with Gasteiger partial charge in [0.25, 0.3) is 5.91 Å². The Morgan fingerprint density at radius 3 is 2.49 bits per heavy atom. The van der Waals surface area contributed by atoms with Crippen LogP contribution >= 0.6 is 0 Å². The van der Waals surface area contributed by atoms with Crippen molar-refractivity contribution in [3.8, 4) is 0 Å². The first-order valence-electron chi connectivity index (χ1n) is 12.3. The molecular weight excluding hydrogens is 440 g/mol. The van der Waals surface area contributed by atoms with E-state index in [1.807, 2.05) is 46.5 Å². The number of pyridine rings is 1. The van der Waals surface area contributed by atoms with Gasteiger partial charge in [0.15, 0.2) is 0 Å². The first-order valence-corrected chi connectivity index (χ1v) is 12.3. The number of anilines is 1. The number of fused-ring (bicyclic) bond motifs is 3. The summed E-state index contributed by atoms with van der Waals surface area (Å²) in [5.41, 5.74) is 3.65. The monoisotopic (exact) mass is 472 g/mol. The lowest BCUT2D eigenvalue weighted by molar-refractivity contribution is -0.116. The van der Waals surface area contributed by atoms with E-state index in [1.54, 1.807) is 30.9 Å². The fourth-order valence-electron chi connectivity index (χ4n) is 5.54. The van der Waals surface area contributed by atoms with Gasteiger partial charge in [0.2, 0.25) is 5.91 Å². The van der Waals surface area contributed by atoms with E-state index in [0.29, 0.717) is 31.4 Å². The van der Waals surface area contributed by atoms with Crippen molar-refractivity contribution < 1.29 is 9.59 Å². The molecule has 0 N–H and O–H groups in total. The highest BCUT2D eigenvalue weighted by atomic mass is 16.2. The normalized spacial score (nSPS) is 20.9. The van der Waals surface area contributed by atoms with Crippen LogP contribution in [0, 0.1) is 0 Å². The van der Waals surface area contributed by atoms with E-state index in [1.165, 1.54) is 5.56 Å². The summed E-state index contributed by atoms with van der Waals surface area (Å²) in [6, 6.07) is 14.4. The van der Waals surface area contributed by atoms with Crippen LogP contribution in [0.1, 0.15) is 47.8 Å². The molecule has 2 bridgehead atoms. The molecule has 2 aromatic heterocycles. The van der Waals surface area contributed by atoms with Crippen molar-refractivity contribution in [2.75, 3.05) is 18.0 Å². The van der Waals surface area contributed by atoms with Gasteiger partial charge in [-0.3, -0.25) is 24.2 Å². The van der Waals surface area contributed by atoms with Crippen LogP contribution in [0.2, 0.25) is 0 Å². The summed E-state index contributed by atoms with van der Waals surface area (Å²) in [6.07, 6.45) is 8.28. The first kappa shape index (κ1) is 23.2. The zero-order chi connectivity index (χ0) is 24.4. The van der Waals surface area contributed by atoms with E-state index < -0.39 is 0 Å². The lowest BCUT2D eigenvalue weighted by Crippen LogP contribution is -2.45. The zero-order valence-corrected chi connectivity index (χ0v) is 20.4. The predicted molar refractivity (Wildman–Crippen MR) is 134 cm³/mol. The van der Waals surface area contributed by atoms with Crippen LogP contribution in [0.15, 0.2) is 61.1 Å². The number of nitrogens with zero attached hydrogens (tertiary/aromatic N) is 6. The van der Waals surface area contributed by atoms with Crippen LogP contribution in [-0.2, 0) is 24.9 Å². The Balaban J connectivity index is 1.54. The van der Waals surface area contributed by atoms with Crippen molar-refractivity contribution >= 4 is 17.5 Å². The fraction of sp³-hybridized carbons (Fsp3) is 0.407. The molecule has 0 spiro atoms. The third-order valence-corrected chi connectivity index (χ3v) is 7.35. The van der Waals surface area contributed by atoms with Gasteiger partial charge in [-0.15, -0.1) is 0 Å². The summed E-state index contributed by atoms with van der Waals surface area (Å²) < 4.78 is 1.63. The number of amides is 2. The molecule has 2 amide bonds. The fourth-order valence-corrected chi connectivity index (χ4v) is 5.54. The second kappa shape index (κ2) is 10.00. The molecule has 1 aromatic carbocycles. The molecule has 1 saturated heterocycles. The number of aryl methyl sites for hydroxylation is 1. The maximum absolute atomic E-state index is 13.8. The van der Waals surface area contributed by atoms with Gasteiger partial charge in [0.1, 0.15) is 5.69 Å². The Labute approximate surface area is 206 Å². The number of carbonyl (C=O) groups excluding carboxylic acids is 2. The first-order chi connectivity index (χ1) is 17.0. The third-order valence-electron chi connectivity index (χ3n) is 7.35. The Morgan fingerprint density at radius 2 is 1.74 bits per heavy atom. The summed E-state index contributed by atoms with van der Waals surface area (Å²) in [5.74, 6) is -0.0165. The standard InChI is InChI=1S/C27H32N6O2/c1-20(34)32-16-12-23-7-8-24(33(23)17-21-9-13-28-14-10-21)19-31(18-22-5-3-4-6-25(22)32)27(35)26-11-15-29-30(26)2/h3-6,9-11,13-15,23-24H,7-8,12,16-19H2,1-2H3. The van der Waals surface area contributed by atoms with Crippen molar-refractivity contribution in [2.24, 2.45) is 7.05 Å². The molecule has 5 rings (SSSR count). The lowest BCUT2D eigenvalue weighted by Gasteiger charge is -2.34. The Morgan fingerprint density at radius 1 is 0.971 bits per heavy atom. The largest absolute Gasteiger partial charge is 0.331 e. The minimum atomic E-state index is -0.0410. The highest BCUT2D eigenvalue weighted by molar-refractivity contribution is 5.94. The van der Waals surface area contributed by atoms with Crippen LogP contribution in [0.4, 0.5) is 5.69 Å². The molecule has 2 aliphatic rings. The number of benzene rings is 1. The van der Waals surface area contributed by atoms with Gasteiger partial charge >= 0.3 is 0 Å². The summed E-state index contributed by atoms with van der Waals surface area (Å²) in [4.78, 5) is 37.0. The van der Waals surface area contributed by atoms with Crippen molar-refractivity contribution in [3.05, 3.63) is 77.9 Å². The molecule has 3 aromatic rings. The number of para-hydroxylation sites is 1. The summed E-state index contributed by atoms with van der Waals surface area (Å²) in [5, 5.41) is 4.22. The van der Waals surface area contributed by atoms with Gasteiger partial charge in [0, 0.05) is 76.5 Å². The number of aromatic nitrogens is 3. The molecule has 1 fully saturated rings. The van der Waals surface area contributed by atoms with Crippen LogP contribution < -0.4 is 4.90 Å². The van der Waals surface area contributed by atoms with Gasteiger partial charge < -0.3 is 9.80 Å². The molecule has 2 atom stereocenters. The molecule has 2 aliphatic heterocycles. The highest BCUT2D eigenvalue weighted by Crippen LogP contribution is 2.32. The van der Waals surface area contributed by atoms with Crippen LogP contribution in [0.3, 0.4) is 0 Å². The minimum Gasteiger partial charge on any atom is -0.331 e. The minimum absolute atomic E-state index is 0.0245. The Kier molecular flexibility index (Phi) is 6.63. The highest BCUT2D eigenvalue weighted by Gasteiger charge is 2.37. The molecule has 8 heteroatoms. The zero-order valence-electron chi connectivity index (χ0n) is 20.4. The molecule has 0 aliphatic carbocycles. The van der Waals surface area contributed by atoms with Crippen LogP contribution in [0.25, 0.3) is 0 Å². The van der Waals surface area contributed by atoms with Gasteiger partial charge in [-0.1, -0.05) is 18.2 Å². The van der Waals surface area contributed by atoms with E-state index in [-0.39, 0.29) is 17.9 Å². The average Bonchev–Trinajstić information content (AvgIpc) is 3.44. The SMILES string of the molecule is CC(=O)N1CCC2CCC(CN(C(=O)c3ccnn3C)Cc3ccccc31)N2Cc1ccncc1. The summed E-state index contributed by atoms with van der Waals surface area (Å²) in [6.45, 7) is 4.15. The quantitative estimate of drug-likeness (QED) is 0.585. The van der Waals surface area contributed by atoms with Gasteiger partial charge in [0.05, 0.1) is 0 Å². The van der Waals surface area contributed by atoms with E-state index in [4.69, 9.17) is 0 Å². The van der Waals surface area contributed by atoms with E-state index in [0.717, 1.165) is 37.1 Å². The smallest absolute Gasteiger partial charge is 0.272 e. The Hall–Kier alpha value is -3.52. The number of carbonyl (C=O) groups is 2. The number of rotatable bonds is 3. The van der Waals surface area contributed by atoms with Crippen LogP contribution in [0.5, 0.6) is 0 Å². The topological polar surface area (TPSA) is 74.6 Å². The Bertz CT molecular complexity index is 1190. The second-order valence-corrected chi connectivity index (χ2v) is 9.53. The molecular formula is C27H32N6O2. The molecule has 182 valence electrons. The van der Waals surface area contributed by atoms with Gasteiger partial charge in [-0.05, 0) is 54.7 Å². The maximum Gasteiger partial charge on any atom is 0.272 e. The molecule has 2 unspecified atom stereocenters. The van der Waals surface area contributed by atoms with Crippen molar-refractivity contribution in [3.63, 3.8) is 0 Å². The molecule has 35 heavy (non-hydrogen) atoms. The van der Waals surface area contributed by atoms with E-state index in [2.05, 4.69) is 27.1 Å². The number of hydrogen-bond donors (Lipinski definition) is 0. The predicted octanol–water partition coefficient (Wildman–Crippen LogP) is 3.25. The lowest BCUT2D eigenvalue weighted by atomic mass is 10.1. The maximum atomic E-state index is 13.8. The molecule has 0 radical (unpaired) electrons. The van der Waals surface area contributed by atoms with Gasteiger partial charge in [-0.2, -0.15) is 5.10 Å². The number of hydrogen-bond acceptors (Lipinski definition) is 5. The second-order valence-electron chi connectivity index (χ2n) is 9.53. The average molecular weight is 473 g/mol. The summed E-state index contributed by atoms with van der Waals surface area (Å²) >= 11 is 0. The van der Waals surface area contributed by atoms with E-state index >= 15 is 0 Å². The molecule has 8 nitrogen and oxygen atoms in total. The van der Waals surface area contributed by atoms with Crippen molar-refractivity contribution in [1.82, 2.24) is 24.6 Å². The van der Waals surface area contributed by atoms with Crippen LogP contribution in [-0.4, -0.2) is 61.6 Å². The van der Waals surface area contributed by atoms with E-state index in [9.17, 15) is 9.59 Å².